The highest BCUT2D eigenvalue weighted by atomic mass is 16.6. The number of aliphatic hydroxyl groups is 1. The van der Waals surface area contributed by atoms with E-state index >= 15 is 0 Å². The fourth-order valence-electron chi connectivity index (χ4n) is 2.56. The van der Waals surface area contributed by atoms with Crippen molar-refractivity contribution in [3.63, 3.8) is 0 Å². The minimum absolute atomic E-state index is 0.0996. The molecule has 1 fully saturated rings. The van der Waals surface area contributed by atoms with Gasteiger partial charge in [-0.05, 0) is 31.4 Å². The molecule has 1 saturated carbocycles. The fraction of sp³-hybridized carbons (Fsp3) is 0.538. The summed E-state index contributed by atoms with van der Waals surface area (Å²) in [5.41, 5.74) is 1.56. The van der Waals surface area contributed by atoms with E-state index in [9.17, 15) is 15.2 Å². The second-order valence-corrected chi connectivity index (χ2v) is 5.03. The zero-order chi connectivity index (χ0) is 13.2. The second-order valence-electron chi connectivity index (χ2n) is 5.03. The molecular formula is C13H18N2O3. The molecule has 0 atom stereocenters. The van der Waals surface area contributed by atoms with E-state index < -0.39 is 4.92 Å². The summed E-state index contributed by atoms with van der Waals surface area (Å²) in [7, 11) is 0. The summed E-state index contributed by atoms with van der Waals surface area (Å²) in [6, 6.07) is 4.78. The molecule has 0 saturated heterocycles. The lowest BCUT2D eigenvalue weighted by Gasteiger charge is -2.30. The molecule has 98 valence electrons. The number of hydrogen-bond donors (Lipinski definition) is 2. The van der Waals surface area contributed by atoms with E-state index in [1.807, 2.05) is 6.92 Å². The van der Waals surface area contributed by atoms with Crippen molar-refractivity contribution in [3.8, 4) is 0 Å². The number of benzene rings is 1. The molecule has 0 aromatic heterocycles. The maximum absolute atomic E-state index is 10.7. The molecule has 1 aromatic carbocycles. The highest BCUT2D eigenvalue weighted by Gasteiger charge is 2.33. The fourth-order valence-corrected chi connectivity index (χ4v) is 2.56. The molecule has 0 spiro atoms. The monoisotopic (exact) mass is 250 g/mol. The summed E-state index contributed by atoms with van der Waals surface area (Å²) < 4.78 is 0. The molecule has 0 aliphatic heterocycles. The van der Waals surface area contributed by atoms with Gasteiger partial charge in [0, 0.05) is 17.8 Å². The van der Waals surface area contributed by atoms with Crippen LogP contribution in [0.1, 0.15) is 31.2 Å². The number of aryl methyl sites for hydroxylation is 1. The van der Waals surface area contributed by atoms with E-state index in [0.29, 0.717) is 0 Å². The Morgan fingerprint density at radius 1 is 1.44 bits per heavy atom. The predicted octanol–water partition coefficient (Wildman–Crippen LogP) is 2.62. The van der Waals surface area contributed by atoms with Gasteiger partial charge in [0.05, 0.1) is 17.1 Å². The number of anilines is 1. The smallest absolute Gasteiger partial charge is 0.269 e. The summed E-state index contributed by atoms with van der Waals surface area (Å²) in [4.78, 5) is 10.3. The normalized spacial score (nSPS) is 17.7. The summed E-state index contributed by atoms with van der Waals surface area (Å²) >= 11 is 0. The Balaban J connectivity index is 2.21. The Labute approximate surface area is 106 Å². The van der Waals surface area contributed by atoms with Crippen LogP contribution in [-0.2, 0) is 0 Å². The average Bonchev–Trinajstić information content (AvgIpc) is 2.81. The SMILES string of the molecule is Cc1cc([N+](=O)[O-])ccc1NC1(CO)CCCC1. The Morgan fingerprint density at radius 2 is 2.11 bits per heavy atom. The molecule has 2 N–H and O–H groups in total. The van der Waals surface area contributed by atoms with E-state index in [0.717, 1.165) is 36.9 Å². The van der Waals surface area contributed by atoms with Crippen LogP contribution in [0, 0.1) is 17.0 Å². The maximum Gasteiger partial charge on any atom is 0.269 e. The molecule has 1 aliphatic rings. The molecular weight excluding hydrogens is 232 g/mol. The number of nitro benzene ring substituents is 1. The number of hydrogen-bond acceptors (Lipinski definition) is 4. The van der Waals surface area contributed by atoms with Crippen LogP contribution >= 0.6 is 0 Å². The molecule has 5 heteroatoms. The lowest BCUT2D eigenvalue weighted by Crippen LogP contribution is -2.39. The molecule has 18 heavy (non-hydrogen) atoms. The van der Waals surface area contributed by atoms with Crippen LogP contribution in [0.4, 0.5) is 11.4 Å². The van der Waals surface area contributed by atoms with Crippen LogP contribution < -0.4 is 5.32 Å². The van der Waals surface area contributed by atoms with Crippen molar-refractivity contribution in [2.75, 3.05) is 11.9 Å². The van der Waals surface area contributed by atoms with E-state index in [2.05, 4.69) is 5.32 Å². The third-order valence-electron chi connectivity index (χ3n) is 3.68. The highest BCUT2D eigenvalue weighted by molar-refractivity contribution is 5.57. The van der Waals surface area contributed by atoms with E-state index in [1.165, 1.54) is 6.07 Å². The number of nitro groups is 1. The Bertz CT molecular complexity index is 454. The van der Waals surface area contributed by atoms with E-state index in [4.69, 9.17) is 0 Å². The third kappa shape index (κ3) is 2.46. The lowest BCUT2D eigenvalue weighted by atomic mass is 9.97. The maximum atomic E-state index is 10.7. The van der Waals surface area contributed by atoms with Crippen molar-refractivity contribution in [1.29, 1.82) is 0 Å². The number of nitrogens with one attached hydrogen (secondary N) is 1. The Hall–Kier alpha value is -1.62. The molecule has 0 bridgehead atoms. The van der Waals surface area contributed by atoms with Crippen LogP contribution in [0.5, 0.6) is 0 Å². The van der Waals surface area contributed by atoms with Crippen LogP contribution in [0.15, 0.2) is 18.2 Å². The van der Waals surface area contributed by atoms with Crippen molar-refractivity contribution in [2.24, 2.45) is 0 Å². The lowest BCUT2D eigenvalue weighted by molar-refractivity contribution is -0.384. The molecule has 1 aromatic rings. The van der Waals surface area contributed by atoms with Crippen LogP contribution in [0.25, 0.3) is 0 Å². The van der Waals surface area contributed by atoms with Crippen molar-refractivity contribution in [3.05, 3.63) is 33.9 Å². The van der Waals surface area contributed by atoms with Crippen LogP contribution in [0.2, 0.25) is 0 Å². The molecule has 0 unspecified atom stereocenters. The molecule has 0 heterocycles. The summed E-state index contributed by atoms with van der Waals surface area (Å²) in [6.45, 7) is 1.94. The van der Waals surface area contributed by atoms with Gasteiger partial charge in [0.25, 0.3) is 5.69 Å². The zero-order valence-electron chi connectivity index (χ0n) is 10.5. The Kier molecular flexibility index (Phi) is 3.52. The highest BCUT2D eigenvalue weighted by Crippen LogP contribution is 2.34. The van der Waals surface area contributed by atoms with Crippen molar-refractivity contribution in [2.45, 2.75) is 38.1 Å². The second kappa shape index (κ2) is 4.94. The van der Waals surface area contributed by atoms with E-state index in [1.54, 1.807) is 12.1 Å². The topological polar surface area (TPSA) is 75.4 Å². The summed E-state index contributed by atoms with van der Waals surface area (Å²) in [6.07, 6.45) is 4.11. The Morgan fingerprint density at radius 3 is 2.61 bits per heavy atom. The van der Waals surface area contributed by atoms with Crippen molar-refractivity contribution >= 4 is 11.4 Å². The first kappa shape index (κ1) is 12.8. The molecule has 5 nitrogen and oxygen atoms in total. The first-order chi connectivity index (χ1) is 8.56. The van der Waals surface area contributed by atoms with Gasteiger partial charge in [-0.3, -0.25) is 10.1 Å². The van der Waals surface area contributed by atoms with Gasteiger partial charge in [-0.2, -0.15) is 0 Å². The van der Waals surface area contributed by atoms with Gasteiger partial charge < -0.3 is 10.4 Å². The average molecular weight is 250 g/mol. The quantitative estimate of drug-likeness (QED) is 0.636. The third-order valence-corrected chi connectivity index (χ3v) is 3.68. The van der Waals surface area contributed by atoms with Gasteiger partial charge >= 0.3 is 0 Å². The summed E-state index contributed by atoms with van der Waals surface area (Å²) in [5, 5.41) is 23.6. The largest absolute Gasteiger partial charge is 0.394 e. The minimum Gasteiger partial charge on any atom is -0.394 e. The van der Waals surface area contributed by atoms with Crippen molar-refractivity contribution < 1.29 is 10.0 Å². The molecule has 2 rings (SSSR count). The van der Waals surface area contributed by atoms with Crippen molar-refractivity contribution in [1.82, 2.24) is 0 Å². The van der Waals surface area contributed by atoms with Crippen LogP contribution in [-0.4, -0.2) is 22.2 Å². The first-order valence-electron chi connectivity index (χ1n) is 6.20. The number of aliphatic hydroxyl groups excluding tert-OH is 1. The van der Waals surface area contributed by atoms with Gasteiger partial charge in [0.2, 0.25) is 0 Å². The number of nitrogens with zero attached hydrogens (tertiary/aromatic N) is 1. The van der Waals surface area contributed by atoms with Gasteiger partial charge in [0.15, 0.2) is 0 Å². The van der Waals surface area contributed by atoms with Crippen LogP contribution in [0.3, 0.4) is 0 Å². The molecule has 0 amide bonds. The van der Waals surface area contributed by atoms with Gasteiger partial charge in [-0.1, -0.05) is 12.8 Å². The van der Waals surface area contributed by atoms with Gasteiger partial charge in [-0.15, -0.1) is 0 Å². The first-order valence-corrected chi connectivity index (χ1v) is 6.20. The predicted molar refractivity (Wildman–Crippen MR) is 69.7 cm³/mol. The molecule has 1 aliphatic carbocycles. The minimum atomic E-state index is -0.395. The van der Waals surface area contributed by atoms with Gasteiger partial charge in [0.1, 0.15) is 0 Å². The zero-order valence-corrected chi connectivity index (χ0v) is 10.5. The summed E-state index contributed by atoms with van der Waals surface area (Å²) in [5.74, 6) is 0. The number of non-ortho nitro benzene ring substituents is 1. The van der Waals surface area contributed by atoms with E-state index in [-0.39, 0.29) is 17.8 Å². The standard InChI is InChI=1S/C13H18N2O3/c1-10-8-11(15(17)18)4-5-12(10)14-13(9-16)6-2-3-7-13/h4-5,8,14,16H,2-3,6-7,9H2,1H3. The van der Waals surface area contributed by atoms with Gasteiger partial charge in [-0.25, -0.2) is 0 Å². The number of rotatable bonds is 4. The molecule has 0 radical (unpaired) electrons.